The lowest BCUT2D eigenvalue weighted by Crippen LogP contribution is -2.41. The van der Waals surface area contributed by atoms with E-state index in [9.17, 15) is 0 Å². The predicted octanol–water partition coefficient (Wildman–Crippen LogP) is 0.931. The molecule has 1 aromatic carbocycles. The normalized spacial score (nSPS) is 19.8. The molecule has 1 heterocycles. The van der Waals surface area contributed by atoms with Gasteiger partial charge in [-0.3, -0.25) is 0 Å². The van der Waals surface area contributed by atoms with E-state index in [4.69, 9.17) is 15.2 Å². The van der Waals surface area contributed by atoms with Crippen molar-refractivity contribution in [2.75, 3.05) is 19.8 Å². The summed E-state index contributed by atoms with van der Waals surface area (Å²) in [7, 11) is 0. The summed E-state index contributed by atoms with van der Waals surface area (Å²) in [4.78, 5) is 0. The topological polar surface area (TPSA) is 44.5 Å². The molecule has 1 saturated heterocycles. The van der Waals surface area contributed by atoms with Crippen molar-refractivity contribution >= 4 is 0 Å². The fraction of sp³-hybridized carbons (Fsp3) is 0.455. The van der Waals surface area contributed by atoms with Crippen molar-refractivity contribution in [2.24, 2.45) is 5.73 Å². The largest absolute Gasteiger partial charge is 0.346 e. The van der Waals surface area contributed by atoms with Crippen LogP contribution in [-0.2, 0) is 15.9 Å². The maximum absolute atomic E-state index is 5.67. The van der Waals surface area contributed by atoms with Crippen LogP contribution in [0.15, 0.2) is 30.3 Å². The van der Waals surface area contributed by atoms with E-state index in [-0.39, 0.29) is 0 Å². The molecule has 14 heavy (non-hydrogen) atoms. The standard InChI is InChI=1S/C11H15NO2/c12-9-11(13-6-7-14-11)8-10-4-2-1-3-5-10/h1-5H,6-9,12H2. The first-order valence-electron chi connectivity index (χ1n) is 4.87. The van der Waals surface area contributed by atoms with Crippen molar-refractivity contribution in [3.05, 3.63) is 35.9 Å². The Morgan fingerprint density at radius 3 is 2.36 bits per heavy atom. The first-order chi connectivity index (χ1) is 6.85. The van der Waals surface area contributed by atoms with Gasteiger partial charge in [0.15, 0.2) is 5.79 Å². The fourth-order valence-corrected chi connectivity index (χ4v) is 1.70. The summed E-state index contributed by atoms with van der Waals surface area (Å²) >= 11 is 0. The van der Waals surface area contributed by atoms with Gasteiger partial charge < -0.3 is 15.2 Å². The number of ether oxygens (including phenoxy) is 2. The summed E-state index contributed by atoms with van der Waals surface area (Å²) < 4.78 is 11.1. The molecule has 0 spiro atoms. The molecule has 2 N–H and O–H groups in total. The highest BCUT2D eigenvalue weighted by Crippen LogP contribution is 2.22. The van der Waals surface area contributed by atoms with Gasteiger partial charge >= 0.3 is 0 Å². The zero-order valence-electron chi connectivity index (χ0n) is 8.11. The van der Waals surface area contributed by atoms with E-state index in [0.717, 1.165) is 6.42 Å². The zero-order chi connectivity index (χ0) is 9.86. The van der Waals surface area contributed by atoms with Crippen molar-refractivity contribution < 1.29 is 9.47 Å². The number of hydrogen-bond donors (Lipinski definition) is 1. The van der Waals surface area contributed by atoms with E-state index in [0.29, 0.717) is 19.8 Å². The lowest BCUT2D eigenvalue weighted by Gasteiger charge is -2.25. The number of benzene rings is 1. The Hall–Kier alpha value is -0.900. The number of hydrogen-bond acceptors (Lipinski definition) is 3. The summed E-state index contributed by atoms with van der Waals surface area (Å²) in [6, 6.07) is 10.1. The summed E-state index contributed by atoms with van der Waals surface area (Å²) in [6.07, 6.45) is 0.727. The van der Waals surface area contributed by atoms with Crippen molar-refractivity contribution in [2.45, 2.75) is 12.2 Å². The van der Waals surface area contributed by atoms with Crippen LogP contribution in [0.5, 0.6) is 0 Å². The average molecular weight is 193 g/mol. The lowest BCUT2D eigenvalue weighted by molar-refractivity contribution is -0.147. The maximum Gasteiger partial charge on any atom is 0.184 e. The highest BCUT2D eigenvalue weighted by Gasteiger charge is 2.34. The van der Waals surface area contributed by atoms with Crippen molar-refractivity contribution in [3.63, 3.8) is 0 Å². The summed E-state index contributed by atoms with van der Waals surface area (Å²) in [6.45, 7) is 1.69. The fourth-order valence-electron chi connectivity index (χ4n) is 1.70. The Labute approximate surface area is 83.8 Å². The van der Waals surface area contributed by atoms with Crippen molar-refractivity contribution in [1.82, 2.24) is 0 Å². The molecule has 0 radical (unpaired) electrons. The molecule has 1 aromatic rings. The van der Waals surface area contributed by atoms with Crippen LogP contribution in [0.2, 0.25) is 0 Å². The molecule has 0 atom stereocenters. The monoisotopic (exact) mass is 193 g/mol. The minimum Gasteiger partial charge on any atom is -0.346 e. The van der Waals surface area contributed by atoms with Crippen LogP contribution >= 0.6 is 0 Å². The van der Waals surface area contributed by atoms with E-state index in [1.807, 2.05) is 18.2 Å². The Bertz CT molecular complexity index is 281. The summed E-state index contributed by atoms with van der Waals surface area (Å²) in [5.74, 6) is -0.582. The van der Waals surface area contributed by atoms with Crippen LogP contribution in [0.1, 0.15) is 5.56 Å². The second-order valence-corrected chi connectivity index (χ2v) is 3.47. The Morgan fingerprint density at radius 2 is 1.79 bits per heavy atom. The first kappa shape index (κ1) is 9.65. The van der Waals surface area contributed by atoms with Crippen LogP contribution < -0.4 is 5.73 Å². The molecule has 76 valence electrons. The Balaban J connectivity index is 2.08. The van der Waals surface area contributed by atoms with Crippen LogP contribution in [0.4, 0.5) is 0 Å². The number of rotatable bonds is 3. The summed E-state index contributed by atoms with van der Waals surface area (Å²) in [5.41, 5.74) is 6.86. The third-order valence-corrected chi connectivity index (χ3v) is 2.44. The average Bonchev–Trinajstić information content (AvgIpc) is 2.69. The van der Waals surface area contributed by atoms with Crippen molar-refractivity contribution in [3.8, 4) is 0 Å². The molecule has 1 fully saturated rings. The molecule has 2 rings (SSSR count). The van der Waals surface area contributed by atoms with Gasteiger partial charge in [-0.05, 0) is 5.56 Å². The molecule has 1 aliphatic heterocycles. The molecular formula is C11H15NO2. The molecule has 3 heteroatoms. The maximum atomic E-state index is 5.67. The zero-order valence-corrected chi connectivity index (χ0v) is 8.11. The second kappa shape index (κ2) is 4.09. The molecule has 3 nitrogen and oxygen atoms in total. The molecule has 0 saturated carbocycles. The molecule has 0 bridgehead atoms. The van der Waals surface area contributed by atoms with Crippen LogP contribution in [-0.4, -0.2) is 25.5 Å². The smallest absolute Gasteiger partial charge is 0.184 e. The first-order valence-corrected chi connectivity index (χ1v) is 4.87. The van der Waals surface area contributed by atoms with Gasteiger partial charge in [0.2, 0.25) is 0 Å². The second-order valence-electron chi connectivity index (χ2n) is 3.47. The minimum absolute atomic E-state index is 0.405. The third-order valence-electron chi connectivity index (χ3n) is 2.44. The third kappa shape index (κ3) is 1.95. The van der Waals surface area contributed by atoms with Crippen LogP contribution in [0.3, 0.4) is 0 Å². The molecular weight excluding hydrogens is 178 g/mol. The van der Waals surface area contributed by atoms with Gasteiger partial charge in [-0.15, -0.1) is 0 Å². The highest BCUT2D eigenvalue weighted by atomic mass is 16.7. The van der Waals surface area contributed by atoms with Crippen molar-refractivity contribution in [1.29, 1.82) is 0 Å². The van der Waals surface area contributed by atoms with Gasteiger partial charge in [-0.2, -0.15) is 0 Å². The summed E-state index contributed by atoms with van der Waals surface area (Å²) in [5, 5.41) is 0. The quantitative estimate of drug-likeness (QED) is 0.776. The Morgan fingerprint density at radius 1 is 1.14 bits per heavy atom. The van der Waals surface area contributed by atoms with Gasteiger partial charge in [0.05, 0.1) is 13.2 Å². The van der Waals surface area contributed by atoms with Gasteiger partial charge in [0.25, 0.3) is 0 Å². The minimum atomic E-state index is -0.582. The molecule has 0 unspecified atom stereocenters. The lowest BCUT2D eigenvalue weighted by atomic mass is 10.1. The van der Waals surface area contributed by atoms with E-state index in [1.165, 1.54) is 5.56 Å². The predicted molar refractivity (Wildman–Crippen MR) is 53.8 cm³/mol. The van der Waals surface area contributed by atoms with Crippen LogP contribution in [0.25, 0.3) is 0 Å². The SMILES string of the molecule is NCC1(Cc2ccccc2)OCCO1. The van der Waals surface area contributed by atoms with Gasteiger partial charge in [0, 0.05) is 13.0 Å². The highest BCUT2D eigenvalue weighted by molar-refractivity contribution is 5.16. The van der Waals surface area contributed by atoms with E-state index >= 15 is 0 Å². The Kier molecular flexibility index (Phi) is 2.82. The van der Waals surface area contributed by atoms with E-state index < -0.39 is 5.79 Å². The van der Waals surface area contributed by atoms with Crippen LogP contribution in [0, 0.1) is 0 Å². The molecule has 0 aliphatic carbocycles. The van der Waals surface area contributed by atoms with E-state index in [1.54, 1.807) is 0 Å². The van der Waals surface area contributed by atoms with Gasteiger partial charge in [-0.25, -0.2) is 0 Å². The molecule has 0 amide bonds. The number of nitrogens with two attached hydrogens (primary N) is 1. The van der Waals surface area contributed by atoms with E-state index in [2.05, 4.69) is 12.1 Å². The molecule has 1 aliphatic rings. The molecule has 0 aromatic heterocycles. The van der Waals surface area contributed by atoms with Gasteiger partial charge in [0.1, 0.15) is 0 Å². The van der Waals surface area contributed by atoms with Gasteiger partial charge in [-0.1, -0.05) is 30.3 Å².